The van der Waals surface area contributed by atoms with Gasteiger partial charge in [0.05, 0.1) is 5.38 Å². The van der Waals surface area contributed by atoms with Gasteiger partial charge >= 0.3 is 0 Å². The Morgan fingerprint density at radius 2 is 1.57 bits per heavy atom. The molecule has 3 rings (SSSR count). The van der Waals surface area contributed by atoms with E-state index >= 15 is 0 Å². The van der Waals surface area contributed by atoms with Gasteiger partial charge in [-0.15, -0.1) is 22.9 Å². The number of fused-ring (bicyclic) bond motifs is 1. The summed E-state index contributed by atoms with van der Waals surface area (Å²) >= 11 is 8.85. The summed E-state index contributed by atoms with van der Waals surface area (Å²) in [5.74, 6) is 0. The zero-order valence-corrected chi connectivity index (χ0v) is 14.9. The Kier molecular flexibility index (Phi) is 4.16. The van der Waals surface area contributed by atoms with Gasteiger partial charge in [0.25, 0.3) is 0 Å². The number of thiophene rings is 1. The molecule has 0 fully saturated rings. The van der Waals surface area contributed by atoms with Crippen LogP contribution in [0.4, 0.5) is 0 Å². The molecular formula is C19H23ClS. The van der Waals surface area contributed by atoms with Crippen LogP contribution in [0.5, 0.6) is 0 Å². The molecule has 0 N–H and O–H groups in total. The lowest BCUT2D eigenvalue weighted by molar-refractivity contribution is 0.697. The number of benzene rings is 1. The van der Waals surface area contributed by atoms with Crippen molar-refractivity contribution in [3.8, 4) is 0 Å². The van der Waals surface area contributed by atoms with Gasteiger partial charge in [0, 0.05) is 9.75 Å². The molecule has 112 valence electrons. The predicted octanol–water partition coefficient (Wildman–Crippen LogP) is 6.19. The minimum Gasteiger partial charge on any atom is -0.143 e. The number of hydrogen-bond donors (Lipinski definition) is 0. The van der Waals surface area contributed by atoms with Gasteiger partial charge in [-0.25, -0.2) is 0 Å². The maximum absolute atomic E-state index is 6.92. The number of hydrogen-bond acceptors (Lipinski definition) is 1. The number of rotatable bonds is 2. The van der Waals surface area contributed by atoms with E-state index in [9.17, 15) is 0 Å². The Labute approximate surface area is 137 Å². The van der Waals surface area contributed by atoms with Gasteiger partial charge in [0.1, 0.15) is 0 Å². The molecule has 1 aliphatic rings. The van der Waals surface area contributed by atoms with Crippen LogP contribution in [0.1, 0.15) is 61.4 Å². The number of alkyl halides is 1. The molecule has 0 aliphatic heterocycles. The standard InChI is InChI=1S/C19H23ClS/c1-11-9-12(2)14(4)18(13(11)3)19(20)17-10-15-7-5-6-8-16(15)21-17/h9-10,19H,5-8H2,1-4H3. The number of halogens is 1. The highest BCUT2D eigenvalue weighted by molar-refractivity contribution is 7.12. The molecule has 1 unspecified atom stereocenters. The molecule has 0 bridgehead atoms. The lowest BCUT2D eigenvalue weighted by atomic mass is 9.91. The molecule has 0 saturated carbocycles. The van der Waals surface area contributed by atoms with E-state index in [4.69, 9.17) is 11.6 Å². The van der Waals surface area contributed by atoms with E-state index in [2.05, 4.69) is 39.8 Å². The molecule has 0 radical (unpaired) electrons. The molecule has 2 heteroatoms. The molecule has 1 aromatic heterocycles. The van der Waals surface area contributed by atoms with Crippen molar-refractivity contribution in [2.45, 2.75) is 58.8 Å². The fourth-order valence-corrected chi connectivity index (χ4v) is 5.18. The second kappa shape index (κ2) is 5.78. The van der Waals surface area contributed by atoms with Crippen LogP contribution in [0.15, 0.2) is 12.1 Å². The van der Waals surface area contributed by atoms with E-state index in [0.717, 1.165) is 0 Å². The average Bonchev–Trinajstić information content (AvgIpc) is 2.89. The van der Waals surface area contributed by atoms with Crippen molar-refractivity contribution in [1.29, 1.82) is 0 Å². The lowest BCUT2D eigenvalue weighted by Gasteiger charge is -2.19. The van der Waals surface area contributed by atoms with E-state index in [0.29, 0.717) is 0 Å². The monoisotopic (exact) mass is 318 g/mol. The SMILES string of the molecule is Cc1cc(C)c(C)c(C(Cl)c2cc3c(s2)CCCC3)c1C. The molecule has 21 heavy (non-hydrogen) atoms. The number of aryl methyl sites for hydroxylation is 4. The topological polar surface area (TPSA) is 0 Å². The normalized spacial score (nSPS) is 15.9. The van der Waals surface area contributed by atoms with Crippen molar-refractivity contribution >= 4 is 22.9 Å². The summed E-state index contributed by atoms with van der Waals surface area (Å²) < 4.78 is 0. The van der Waals surface area contributed by atoms with E-state index in [1.165, 1.54) is 58.4 Å². The minimum atomic E-state index is -0.000741. The van der Waals surface area contributed by atoms with Gasteiger partial charge in [-0.3, -0.25) is 0 Å². The molecule has 2 aromatic rings. The molecule has 0 amide bonds. The summed E-state index contributed by atoms with van der Waals surface area (Å²) in [5.41, 5.74) is 8.27. The second-order valence-corrected chi connectivity index (χ2v) is 7.95. The summed E-state index contributed by atoms with van der Waals surface area (Å²) in [4.78, 5) is 2.90. The van der Waals surface area contributed by atoms with Crippen molar-refractivity contribution in [3.05, 3.63) is 55.3 Å². The molecule has 1 atom stereocenters. The Hall–Kier alpha value is -0.790. The summed E-state index contributed by atoms with van der Waals surface area (Å²) in [7, 11) is 0. The van der Waals surface area contributed by atoms with Crippen LogP contribution in [0.2, 0.25) is 0 Å². The first-order chi connectivity index (χ1) is 9.99. The second-order valence-electron chi connectivity index (χ2n) is 6.34. The van der Waals surface area contributed by atoms with Gasteiger partial charge in [-0.1, -0.05) is 6.07 Å². The highest BCUT2D eigenvalue weighted by Gasteiger charge is 2.22. The maximum Gasteiger partial charge on any atom is 0.0933 e. The molecular weight excluding hydrogens is 296 g/mol. The van der Waals surface area contributed by atoms with Crippen molar-refractivity contribution < 1.29 is 0 Å². The van der Waals surface area contributed by atoms with Crippen molar-refractivity contribution in [2.24, 2.45) is 0 Å². The van der Waals surface area contributed by atoms with Crippen LogP contribution < -0.4 is 0 Å². The summed E-state index contributed by atoms with van der Waals surface area (Å²) in [5, 5.41) is -0.000741. The van der Waals surface area contributed by atoms with Crippen LogP contribution in [0, 0.1) is 27.7 Å². The van der Waals surface area contributed by atoms with E-state index in [1.807, 2.05) is 11.3 Å². The Morgan fingerprint density at radius 1 is 0.952 bits per heavy atom. The third kappa shape index (κ3) is 2.66. The predicted molar refractivity (Wildman–Crippen MR) is 94.0 cm³/mol. The van der Waals surface area contributed by atoms with Crippen LogP contribution >= 0.6 is 22.9 Å². The van der Waals surface area contributed by atoms with E-state index < -0.39 is 0 Å². The fourth-order valence-electron chi connectivity index (χ4n) is 3.41. The first-order valence-electron chi connectivity index (χ1n) is 7.82. The van der Waals surface area contributed by atoms with Gasteiger partial charge in [-0.05, 0) is 92.8 Å². The fraction of sp³-hybridized carbons (Fsp3) is 0.474. The zero-order chi connectivity index (χ0) is 15.1. The minimum absolute atomic E-state index is 0.000741. The maximum atomic E-state index is 6.92. The lowest BCUT2D eigenvalue weighted by Crippen LogP contribution is -2.02. The van der Waals surface area contributed by atoms with E-state index in [1.54, 1.807) is 10.4 Å². The third-order valence-electron chi connectivity index (χ3n) is 4.94. The van der Waals surface area contributed by atoms with E-state index in [-0.39, 0.29) is 5.38 Å². The molecule has 1 heterocycles. The first-order valence-corrected chi connectivity index (χ1v) is 9.07. The molecule has 0 nitrogen and oxygen atoms in total. The smallest absolute Gasteiger partial charge is 0.0933 e. The quantitative estimate of drug-likeness (QED) is 0.579. The largest absolute Gasteiger partial charge is 0.143 e. The molecule has 0 spiro atoms. The van der Waals surface area contributed by atoms with Crippen LogP contribution in [-0.2, 0) is 12.8 Å². The Bertz CT molecular complexity index is 632. The third-order valence-corrected chi connectivity index (χ3v) is 6.83. The van der Waals surface area contributed by atoms with Crippen LogP contribution in [-0.4, -0.2) is 0 Å². The van der Waals surface area contributed by atoms with Gasteiger partial charge in [0.2, 0.25) is 0 Å². The highest BCUT2D eigenvalue weighted by atomic mass is 35.5. The highest BCUT2D eigenvalue weighted by Crippen LogP contribution is 2.41. The van der Waals surface area contributed by atoms with Crippen LogP contribution in [0.3, 0.4) is 0 Å². The average molecular weight is 319 g/mol. The Morgan fingerprint density at radius 3 is 2.19 bits per heavy atom. The van der Waals surface area contributed by atoms with Crippen molar-refractivity contribution in [3.63, 3.8) is 0 Å². The first kappa shape index (κ1) is 15.1. The van der Waals surface area contributed by atoms with Gasteiger partial charge in [0.15, 0.2) is 0 Å². The van der Waals surface area contributed by atoms with Crippen LogP contribution in [0.25, 0.3) is 0 Å². The molecule has 1 aliphatic carbocycles. The summed E-state index contributed by atoms with van der Waals surface area (Å²) in [6.45, 7) is 8.79. The van der Waals surface area contributed by atoms with Crippen molar-refractivity contribution in [1.82, 2.24) is 0 Å². The molecule has 1 aromatic carbocycles. The zero-order valence-electron chi connectivity index (χ0n) is 13.3. The van der Waals surface area contributed by atoms with Gasteiger partial charge in [-0.2, -0.15) is 0 Å². The molecule has 0 saturated heterocycles. The van der Waals surface area contributed by atoms with Gasteiger partial charge < -0.3 is 0 Å². The van der Waals surface area contributed by atoms with Crippen molar-refractivity contribution in [2.75, 3.05) is 0 Å². The Balaban J connectivity index is 2.06. The summed E-state index contributed by atoms with van der Waals surface area (Å²) in [6, 6.07) is 4.64. The summed E-state index contributed by atoms with van der Waals surface area (Å²) in [6.07, 6.45) is 5.15.